The van der Waals surface area contributed by atoms with Gasteiger partial charge in [-0.2, -0.15) is 0 Å². The van der Waals surface area contributed by atoms with Crippen LogP contribution in [0.25, 0.3) is 0 Å². The Morgan fingerprint density at radius 1 is 1.25 bits per heavy atom. The van der Waals surface area contributed by atoms with Crippen LogP contribution < -0.4 is 58.2 Å². The summed E-state index contributed by atoms with van der Waals surface area (Å²) in [6, 6.07) is 0. The Labute approximate surface area is 78.9 Å². The molecule has 0 aromatic rings. The number of hydrogen-bond acceptors (Lipinski definition) is 0. The largest absolute Gasteiger partial charge is 1.00 e. The van der Waals surface area contributed by atoms with Crippen LogP contribution in [0.4, 0.5) is 0 Å². The minimum Gasteiger partial charge on any atom is -0.452 e. The molecule has 4 heteroatoms. The zero-order valence-corrected chi connectivity index (χ0v) is 7.65. The predicted molar refractivity (Wildman–Crippen MR) is 17.3 cm³/mol. The zero-order valence-electron chi connectivity index (χ0n) is 2.73. The molecule has 0 spiro atoms. The van der Waals surface area contributed by atoms with Crippen molar-refractivity contribution in [3.8, 4) is 0 Å². The number of rotatable bonds is 0. The van der Waals surface area contributed by atoms with Gasteiger partial charge in [-0.15, -0.1) is 0 Å². The van der Waals surface area contributed by atoms with E-state index in [-0.39, 0.29) is 58.2 Å². The fourth-order valence-corrected chi connectivity index (χ4v) is 0. The monoisotopic (exact) mass is 118 g/mol. The molecule has 0 aliphatic carbocycles. The van der Waals surface area contributed by atoms with Crippen LogP contribution in [-0.4, -0.2) is 22.5 Å². The van der Waals surface area contributed by atoms with Gasteiger partial charge >= 0.3 is 58.2 Å². The van der Waals surface area contributed by atoms with Crippen LogP contribution in [0.1, 0.15) is 0 Å². The van der Waals surface area contributed by atoms with Gasteiger partial charge in [0.05, 0.1) is 0 Å². The molecule has 4 heavy (non-hydrogen) atoms. The molecule has 0 aliphatic rings. The summed E-state index contributed by atoms with van der Waals surface area (Å²) in [5.74, 6) is 0. The molecule has 0 bridgehead atoms. The Bertz CT molecular complexity index is 3.25. The minimum atomic E-state index is 0. The van der Waals surface area contributed by atoms with Crippen molar-refractivity contribution in [2.45, 2.75) is 0 Å². The van der Waals surface area contributed by atoms with Gasteiger partial charge in [0.2, 0.25) is 0 Å². The molecule has 0 aliphatic heterocycles. The van der Waals surface area contributed by atoms with E-state index in [0.29, 0.717) is 0 Å². The maximum Gasteiger partial charge on any atom is 1.00 e. The van der Waals surface area contributed by atoms with Gasteiger partial charge in [-0.25, -0.2) is 0 Å². The van der Waals surface area contributed by atoms with Gasteiger partial charge in [0.15, 0.2) is 0 Å². The molecule has 0 heterocycles. The van der Waals surface area contributed by atoms with E-state index in [1.807, 2.05) is 0 Å². The quantitative estimate of drug-likeness (QED) is 0.283. The van der Waals surface area contributed by atoms with Crippen molar-refractivity contribution in [1.82, 2.24) is 0 Å². The van der Waals surface area contributed by atoms with Crippen LogP contribution in [-0.2, 0) is 0 Å². The van der Waals surface area contributed by atoms with E-state index >= 15 is 0 Å². The molecule has 0 unspecified atom stereocenters. The van der Waals surface area contributed by atoms with Crippen LogP contribution in [0, 0.1) is 0 Å². The van der Waals surface area contributed by atoms with E-state index in [4.69, 9.17) is 0 Å². The van der Waals surface area contributed by atoms with Gasteiger partial charge in [-0.05, 0) is 0 Å². The average Bonchev–Trinajstić information content (AvgIpc) is 0.918. The van der Waals surface area contributed by atoms with Crippen molar-refractivity contribution >= 4 is 22.5 Å². The SMILES string of the molecule is [B][B-][B].[Rb+]. The van der Waals surface area contributed by atoms with Crippen molar-refractivity contribution in [1.29, 1.82) is 0 Å². The van der Waals surface area contributed by atoms with Crippen LogP contribution in [0.3, 0.4) is 0 Å². The average molecular weight is 118 g/mol. The molecule has 0 nitrogen and oxygen atoms in total. The van der Waals surface area contributed by atoms with Crippen molar-refractivity contribution in [2.24, 2.45) is 0 Å². The van der Waals surface area contributed by atoms with Gasteiger partial charge in [-0.1, -0.05) is 0 Å². The summed E-state index contributed by atoms with van der Waals surface area (Å²) in [4.78, 5) is 0. The third-order valence-corrected chi connectivity index (χ3v) is 0. The second kappa shape index (κ2) is 8.89. The summed E-state index contributed by atoms with van der Waals surface area (Å²) in [6.07, 6.45) is 0. The van der Waals surface area contributed by atoms with Gasteiger partial charge in [0.25, 0.3) is 0 Å². The van der Waals surface area contributed by atoms with E-state index < -0.39 is 0 Å². The second-order valence-corrected chi connectivity index (χ2v) is 0.192. The molecule has 6 radical (unpaired) electrons. The van der Waals surface area contributed by atoms with E-state index in [1.165, 1.54) is 0 Å². The summed E-state index contributed by atoms with van der Waals surface area (Å²) < 4.78 is 0. The first-order valence-electron chi connectivity index (χ1n) is 0.667. The first kappa shape index (κ1) is 9.38. The van der Waals surface area contributed by atoms with Gasteiger partial charge in [0, 0.05) is 0 Å². The smallest absolute Gasteiger partial charge is 0.452 e. The molecule has 0 saturated carbocycles. The fraction of sp³-hybridized carbons (Fsp3) is 0. The molecule has 0 fully saturated rings. The Kier molecular flexibility index (Phi) is 20.8. The van der Waals surface area contributed by atoms with Crippen LogP contribution in [0.5, 0.6) is 0 Å². The molecule has 0 saturated heterocycles. The maximum atomic E-state index is 4.50. The Morgan fingerprint density at radius 3 is 1.25 bits per heavy atom. The first-order chi connectivity index (χ1) is 1.41. The third kappa shape index (κ3) is 9.00. The first-order valence-corrected chi connectivity index (χ1v) is 0.667. The van der Waals surface area contributed by atoms with Crippen LogP contribution >= 0.6 is 0 Å². The number of hydrogen-bond donors (Lipinski definition) is 0. The molecule has 10 valence electrons. The van der Waals surface area contributed by atoms with E-state index in [1.54, 1.807) is 0 Å². The predicted octanol–water partition coefficient (Wildman–Crippen LogP) is -4.14. The molecule has 0 atom stereocenters. The van der Waals surface area contributed by atoms with Crippen molar-refractivity contribution in [3.05, 3.63) is 0 Å². The third-order valence-electron chi connectivity index (χ3n) is 0. The second-order valence-electron chi connectivity index (χ2n) is 0.192. The van der Waals surface area contributed by atoms with Crippen molar-refractivity contribution < 1.29 is 58.2 Å². The standard InChI is InChI=1S/B3.Rb/c1-3-2;/q-1;+1. The Morgan fingerprint density at radius 2 is 1.25 bits per heavy atom. The normalized spacial score (nSPS) is 4.00. The molecule has 0 amide bonds. The molecule has 0 rings (SSSR count). The van der Waals surface area contributed by atoms with Crippen LogP contribution in [0.15, 0.2) is 0 Å². The summed E-state index contributed by atoms with van der Waals surface area (Å²) >= 11 is 0. The summed E-state index contributed by atoms with van der Waals surface area (Å²) in [6.45, 7) is 0. The Hall–Kier alpha value is 2.00. The molecule has 0 aromatic carbocycles. The topological polar surface area (TPSA) is 0 Å². The molecule has 0 aromatic heterocycles. The maximum absolute atomic E-state index is 4.50. The Balaban J connectivity index is 0. The molecule has 0 N–H and O–H groups in total. The van der Waals surface area contributed by atoms with Gasteiger partial charge < -0.3 is 7.06 Å². The van der Waals surface area contributed by atoms with E-state index in [2.05, 4.69) is 15.5 Å². The van der Waals surface area contributed by atoms with Gasteiger partial charge in [0.1, 0.15) is 0 Å². The van der Waals surface area contributed by atoms with E-state index in [0.717, 1.165) is 7.06 Å². The van der Waals surface area contributed by atoms with E-state index in [9.17, 15) is 0 Å². The zero-order chi connectivity index (χ0) is 2.71. The summed E-state index contributed by atoms with van der Waals surface area (Å²) in [5, 5.41) is 0. The van der Waals surface area contributed by atoms with Crippen molar-refractivity contribution in [3.63, 3.8) is 0 Å². The fourth-order valence-electron chi connectivity index (χ4n) is 0. The van der Waals surface area contributed by atoms with Gasteiger partial charge in [-0.3, -0.25) is 15.5 Å². The molecular formula is B3Rb. The van der Waals surface area contributed by atoms with Crippen molar-refractivity contribution in [2.75, 3.05) is 0 Å². The minimum absolute atomic E-state index is 0. The summed E-state index contributed by atoms with van der Waals surface area (Å²) in [5.41, 5.74) is 0. The van der Waals surface area contributed by atoms with Crippen LogP contribution in [0.2, 0.25) is 0 Å². The molecular weight excluding hydrogens is 118 g/mol. The summed E-state index contributed by atoms with van der Waals surface area (Å²) in [7, 11) is 10.0.